The highest BCUT2D eigenvalue weighted by Gasteiger charge is 2.14. The Morgan fingerprint density at radius 2 is 1.95 bits per heavy atom. The van der Waals surface area contributed by atoms with E-state index in [0.717, 1.165) is 43.5 Å². The third-order valence-electron chi connectivity index (χ3n) is 3.39. The zero-order chi connectivity index (χ0) is 13.9. The first-order valence-corrected chi connectivity index (χ1v) is 6.75. The minimum Gasteiger partial charge on any atom is -0.304 e. The molecule has 0 atom stereocenters. The van der Waals surface area contributed by atoms with Gasteiger partial charge in [0.05, 0.1) is 5.69 Å². The molecule has 0 radical (unpaired) electrons. The highest BCUT2D eigenvalue weighted by Crippen LogP contribution is 2.10. The molecule has 7 nitrogen and oxygen atoms in total. The monoisotopic (exact) mass is 273 g/mol. The molecule has 1 aliphatic heterocycles. The number of hydrogen-bond donors (Lipinski definition) is 1. The van der Waals surface area contributed by atoms with Gasteiger partial charge in [-0.1, -0.05) is 0 Å². The van der Waals surface area contributed by atoms with Gasteiger partial charge in [0.25, 0.3) is 0 Å². The number of anilines is 1. The van der Waals surface area contributed by atoms with Gasteiger partial charge < -0.3 is 10.3 Å². The number of aryl methyl sites for hydroxylation is 1. The van der Waals surface area contributed by atoms with Gasteiger partial charge in [-0.2, -0.15) is 5.10 Å². The standard InChI is InChI=1S/C13H19N7/c1-11-3-4-20(16-11)13-9-12(14-10-15-13)17-19-7-5-18(2)6-8-19/h3-4,9-10H,5-8H2,1-2H3,(H,14,15,17). The second-order valence-electron chi connectivity index (χ2n) is 5.07. The molecule has 0 bridgehead atoms. The van der Waals surface area contributed by atoms with E-state index >= 15 is 0 Å². The van der Waals surface area contributed by atoms with Crippen molar-refractivity contribution in [3.05, 3.63) is 30.4 Å². The molecule has 2 aromatic heterocycles. The maximum atomic E-state index is 4.36. The van der Waals surface area contributed by atoms with Gasteiger partial charge >= 0.3 is 0 Å². The first-order valence-electron chi connectivity index (χ1n) is 6.75. The summed E-state index contributed by atoms with van der Waals surface area (Å²) in [7, 11) is 2.14. The van der Waals surface area contributed by atoms with E-state index in [1.165, 1.54) is 0 Å². The molecular formula is C13H19N7. The average molecular weight is 273 g/mol. The molecule has 0 aromatic carbocycles. The Hall–Kier alpha value is -1.99. The molecule has 1 aliphatic rings. The number of nitrogens with one attached hydrogen (secondary N) is 1. The van der Waals surface area contributed by atoms with Crippen molar-refractivity contribution in [2.24, 2.45) is 0 Å². The van der Waals surface area contributed by atoms with Gasteiger partial charge in [0.2, 0.25) is 0 Å². The third kappa shape index (κ3) is 2.94. The lowest BCUT2D eigenvalue weighted by atomic mass is 10.4. The normalized spacial score (nSPS) is 17.3. The molecule has 0 saturated carbocycles. The molecule has 3 rings (SSSR count). The highest BCUT2D eigenvalue weighted by molar-refractivity contribution is 5.39. The van der Waals surface area contributed by atoms with Crippen LogP contribution in [-0.2, 0) is 0 Å². The van der Waals surface area contributed by atoms with Gasteiger partial charge in [-0.05, 0) is 20.0 Å². The third-order valence-corrected chi connectivity index (χ3v) is 3.39. The van der Waals surface area contributed by atoms with Crippen molar-refractivity contribution in [3.63, 3.8) is 0 Å². The Labute approximate surface area is 118 Å². The predicted octanol–water partition coefficient (Wildman–Crippen LogP) is 0.545. The van der Waals surface area contributed by atoms with Crippen LogP contribution in [-0.4, -0.2) is 62.9 Å². The molecule has 1 saturated heterocycles. The summed E-state index contributed by atoms with van der Waals surface area (Å²) in [5.41, 5.74) is 4.30. The topological polar surface area (TPSA) is 62.1 Å². The summed E-state index contributed by atoms with van der Waals surface area (Å²) < 4.78 is 1.76. The number of likely N-dealkylation sites (N-methyl/N-ethyl adjacent to an activating group) is 1. The van der Waals surface area contributed by atoms with Crippen molar-refractivity contribution >= 4 is 5.82 Å². The quantitative estimate of drug-likeness (QED) is 0.881. The summed E-state index contributed by atoms with van der Waals surface area (Å²) >= 11 is 0. The maximum Gasteiger partial charge on any atom is 0.158 e. The molecule has 20 heavy (non-hydrogen) atoms. The Kier molecular flexibility index (Phi) is 3.62. The largest absolute Gasteiger partial charge is 0.304 e. The van der Waals surface area contributed by atoms with Gasteiger partial charge in [0.1, 0.15) is 12.1 Å². The first-order chi connectivity index (χ1) is 9.70. The number of hydrazine groups is 1. The zero-order valence-electron chi connectivity index (χ0n) is 11.8. The van der Waals surface area contributed by atoms with Crippen molar-refractivity contribution in [2.75, 3.05) is 38.7 Å². The lowest BCUT2D eigenvalue weighted by Crippen LogP contribution is -2.47. The lowest BCUT2D eigenvalue weighted by molar-refractivity contribution is 0.178. The first kappa shape index (κ1) is 13.0. The Balaban J connectivity index is 1.71. The van der Waals surface area contributed by atoms with Gasteiger partial charge in [-0.15, -0.1) is 0 Å². The molecule has 0 aliphatic carbocycles. The summed E-state index contributed by atoms with van der Waals surface area (Å²) in [6, 6.07) is 3.86. The molecule has 0 amide bonds. The lowest BCUT2D eigenvalue weighted by Gasteiger charge is -2.32. The predicted molar refractivity (Wildman–Crippen MR) is 76.6 cm³/mol. The van der Waals surface area contributed by atoms with Crippen molar-refractivity contribution in [2.45, 2.75) is 6.92 Å². The van der Waals surface area contributed by atoms with Crippen molar-refractivity contribution in [3.8, 4) is 5.82 Å². The molecule has 3 heterocycles. The molecule has 0 unspecified atom stereocenters. The smallest absolute Gasteiger partial charge is 0.158 e. The van der Waals surface area contributed by atoms with Gasteiger partial charge in [-0.3, -0.25) is 0 Å². The number of nitrogens with zero attached hydrogens (tertiary/aromatic N) is 6. The van der Waals surface area contributed by atoms with Crippen LogP contribution in [0.3, 0.4) is 0 Å². The van der Waals surface area contributed by atoms with E-state index in [1.54, 1.807) is 11.0 Å². The Bertz CT molecular complexity index is 572. The summed E-state index contributed by atoms with van der Waals surface area (Å²) in [6.45, 7) is 6.04. The van der Waals surface area contributed by atoms with Crippen LogP contribution in [0.25, 0.3) is 5.82 Å². The summed E-state index contributed by atoms with van der Waals surface area (Å²) in [4.78, 5) is 10.8. The summed E-state index contributed by atoms with van der Waals surface area (Å²) in [5.74, 6) is 1.57. The number of rotatable bonds is 3. The van der Waals surface area contributed by atoms with Crippen LogP contribution in [0.4, 0.5) is 5.82 Å². The minimum absolute atomic E-state index is 0.768. The minimum atomic E-state index is 0.768. The fourth-order valence-electron chi connectivity index (χ4n) is 2.16. The van der Waals surface area contributed by atoms with Crippen LogP contribution in [0, 0.1) is 6.92 Å². The van der Waals surface area contributed by atoms with E-state index in [4.69, 9.17) is 0 Å². The van der Waals surface area contributed by atoms with Gasteiger partial charge in [-0.25, -0.2) is 19.7 Å². The van der Waals surface area contributed by atoms with Crippen molar-refractivity contribution in [1.29, 1.82) is 0 Å². The Morgan fingerprint density at radius 3 is 2.65 bits per heavy atom. The zero-order valence-corrected chi connectivity index (χ0v) is 11.8. The highest BCUT2D eigenvalue weighted by atomic mass is 15.5. The van der Waals surface area contributed by atoms with Crippen LogP contribution < -0.4 is 5.43 Å². The second-order valence-corrected chi connectivity index (χ2v) is 5.07. The van der Waals surface area contributed by atoms with E-state index < -0.39 is 0 Å². The fourth-order valence-corrected chi connectivity index (χ4v) is 2.16. The summed E-state index contributed by atoms with van der Waals surface area (Å²) in [6.07, 6.45) is 3.46. The van der Waals surface area contributed by atoms with E-state index in [1.807, 2.05) is 25.3 Å². The van der Waals surface area contributed by atoms with E-state index in [0.29, 0.717) is 0 Å². The molecule has 7 heteroatoms. The maximum absolute atomic E-state index is 4.36. The van der Waals surface area contributed by atoms with Crippen LogP contribution in [0.2, 0.25) is 0 Å². The molecule has 1 N–H and O–H groups in total. The molecule has 2 aromatic rings. The molecule has 0 spiro atoms. The van der Waals surface area contributed by atoms with Crippen LogP contribution in [0.15, 0.2) is 24.7 Å². The van der Waals surface area contributed by atoms with E-state index in [-0.39, 0.29) is 0 Å². The van der Waals surface area contributed by atoms with Gasteiger partial charge in [0, 0.05) is 38.4 Å². The second kappa shape index (κ2) is 5.56. The van der Waals surface area contributed by atoms with E-state index in [2.05, 4.69) is 37.4 Å². The number of piperazine rings is 1. The molecular weight excluding hydrogens is 254 g/mol. The fraction of sp³-hybridized carbons (Fsp3) is 0.462. The Morgan fingerprint density at radius 1 is 1.15 bits per heavy atom. The summed E-state index contributed by atoms with van der Waals surface area (Å²) in [5, 5.41) is 6.54. The molecule has 106 valence electrons. The van der Waals surface area contributed by atoms with Gasteiger partial charge in [0.15, 0.2) is 5.82 Å². The average Bonchev–Trinajstić information content (AvgIpc) is 2.89. The number of hydrogen-bond acceptors (Lipinski definition) is 6. The van der Waals surface area contributed by atoms with Crippen LogP contribution in [0.5, 0.6) is 0 Å². The SMILES string of the molecule is Cc1ccn(-c2cc(NN3CCN(C)CC3)ncn2)n1. The van der Waals surface area contributed by atoms with Crippen LogP contribution in [0.1, 0.15) is 5.69 Å². The molecule has 1 fully saturated rings. The number of aromatic nitrogens is 4. The van der Waals surface area contributed by atoms with Crippen molar-refractivity contribution < 1.29 is 0 Å². The van der Waals surface area contributed by atoms with Crippen LogP contribution >= 0.6 is 0 Å². The van der Waals surface area contributed by atoms with Crippen molar-refractivity contribution in [1.82, 2.24) is 29.7 Å². The van der Waals surface area contributed by atoms with E-state index in [9.17, 15) is 0 Å².